The maximum Gasteiger partial charge on any atom is 0.308 e. The largest absolute Gasteiger partial charge is 0.463 e. The molecular formula is C11H26O4. The maximum absolute atomic E-state index is 11.1. The molecule has 0 saturated heterocycles. The van der Waals surface area contributed by atoms with E-state index in [1.165, 1.54) is 0 Å². The van der Waals surface area contributed by atoms with Crippen molar-refractivity contribution >= 4 is 5.97 Å². The summed E-state index contributed by atoms with van der Waals surface area (Å²) >= 11 is 0. The number of ether oxygens (including phenoxy) is 2. The van der Waals surface area contributed by atoms with Gasteiger partial charge in [-0.15, -0.1) is 0 Å². The molecule has 1 unspecified atom stereocenters. The van der Waals surface area contributed by atoms with E-state index >= 15 is 0 Å². The molecule has 0 heterocycles. The molecule has 0 aromatic rings. The highest BCUT2D eigenvalue weighted by atomic mass is 16.6. The van der Waals surface area contributed by atoms with Crippen LogP contribution >= 0.6 is 0 Å². The molecular weight excluding hydrogens is 196 g/mol. The smallest absolute Gasteiger partial charge is 0.308 e. The van der Waals surface area contributed by atoms with Gasteiger partial charge in [0.2, 0.25) is 0 Å². The summed E-state index contributed by atoms with van der Waals surface area (Å²) in [7, 11) is 0. The molecule has 0 fully saturated rings. The highest BCUT2D eigenvalue weighted by molar-refractivity contribution is 5.71. The van der Waals surface area contributed by atoms with Gasteiger partial charge in [0.15, 0.2) is 0 Å². The number of carbonyl (C=O) groups is 1. The second-order valence-electron chi connectivity index (χ2n) is 2.81. The van der Waals surface area contributed by atoms with Crippen molar-refractivity contribution in [1.82, 2.24) is 0 Å². The summed E-state index contributed by atoms with van der Waals surface area (Å²) < 4.78 is 9.82. The summed E-state index contributed by atoms with van der Waals surface area (Å²) in [6.07, 6.45) is 0.788. The number of esters is 1. The summed E-state index contributed by atoms with van der Waals surface area (Å²) in [5, 5.41) is 8.37. The highest BCUT2D eigenvalue weighted by Gasteiger charge is 2.10. The van der Waals surface area contributed by atoms with Crippen LogP contribution < -0.4 is 0 Å². The second kappa shape index (κ2) is 13.4. The molecule has 0 saturated carbocycles. The van der Waals surface area contributed by atoms with Gasteiger partial charge >= 0.3 is 5.97 Å². The number of hydrogen-bond donors (Lipinski definition) is 1. The fraction of sp³-hybridized carbons (Fsp3) is 0.909. The van der Waals surface area contributed by atoms with Gasteiger partial charge in [-0.1, -0.05) is 28.7 Å². The van der Waals surface area contributed by atoms with Crippen LogP contribution in [0, 0.1) is 5.92 Å². The molecule has 0 aromatic heterocycles. The summed E-state index contributed by atoms with van der Waals surface area (Å²) in [5.41, 5.74) is 0. The lowest BCUT2D eigenvalue weighted by Gasteiger charge is -2.08. The molecule has 4 nitrogen and oxygen atoms in total. The Morgan fingerprint density at radius 2 is 1.87 bits per heavy atom. The predicted octanol–water partition coefficient (Wildman–Crippen LogP) is 1.86. The predicted molar refractivity (Wildman–Crippen MR) is 61.8 cm³/mol. The minimum atomic E-state index is -0.185. The van der Waals surface area contributed by atoms with Crippen molar-refractivity contribution in [3.63, 3.8) is 0 Å². The minimum absolute atomic E-state index is 0. The van der Waals surface area contributed by atoms with Crippen molar-refractivity contribution in [3.8, 4) is 0 Å². The third kappa shape index (κ3) is 11.3. The van der Waals surface area contributed by atoms with Gasteiger partial charge in [0.25, 0.3) is 0 Å². The molecule has 4 heteroatoms. The first-order valence-corrected chi connectivity index (χ1v) is 4.57. The van der Waals surface area contributed by atoms with Crippen LogP contribution in [0.25, 0.3) is 0 Å². The molecule has 0 aliphatic rings. The number of hydrogen-bond acceptors (Lipinski definition) is 4. The molecule has 0 aliphatic carbocycles. The number of rotatable bonds is 7. The fourth-order valence-corrected chi connectivity index (χ4v) is 0.677. The summed E-state index contributed by atoms with van der Waals surface area (Å²) in [6, 6.07) is 0. The molecule has 15 heavy (non-hydrogen) atoms. The van der Waals surface area contributed by atoms with Crippen LogP contribution in [0.15, 0.2) is 0 Å². The molecule has 94 valence electrons. The van der Waals surface area contributed by atoms with Crippen LogP contribution in [-0.2, 0) is 14.3 Å². The average molecular weight is 222 g/mol. The Labute approximate surface area is 93.6 Å². The van der Waals surface area contributed by atoms with E-state index in [0.29, 0.717) is 13.2 Å². The first-order valence-electron chi connectivity index (χ1n) is 4.57. The first kappa shape index (κ1) is 19.9. The quantitative estimate of drug-likeness (QED) is 0.527. The Balaban J connectivity index is -0.000000720. The molecule has 1 atom stereocenters. The normalized spacial score (nSPS) is 10.9. The van der Waals surface area contributed by atoms with Crippen molar-refractivity contribution in [2.75, 3.05) is 26.4 Å². The summed E-state index contributed by atoms with van der Waals surface area (Å²) in [4.78, 5) is 11.1. The lowest BCUT2D eigenvalue weighted by molar-refractivity contribution is -0.149. The summed E-state index contributed by atoms with van der Waals surface area (Å²) in [5.74, 6) is -0.229. The molecule has 0 amide bonds. The van der Waals surface area contributed by atoms with Gasteiger partial charge in [0, 0.05) is 0 Å². The van der Waals surface area contributed by atoms with E-state index in [2.05, 4.69) is 0 Å². The van der Waals surface area contributed by atoms with Crippen molar-refractivity contribution < 1.29 is 19.4 Å². The van der Waals surface area contributed by atoms with Gasteiger partial charge in [-0.2, -0.15) is 0 Å². The van der Waals surface area contributed by atoms with E-state index in [1.54, 1.807) is 0 Å². The Hall–Kier alpha value is -0.610. The average Bonchev–Trinajstić information content (AvgIpc) is 2.16. The first-order chi connectivity index (χ1) is 6.22. The summed E-state index contributed by atoms with van der Waals surface area (Å²) in [6.45, 7) is 4.68. The standard InChI is InChI=1S/C9H18O4.2CH4/c1-3-8(2)9(11)13-7-6-12-5-4-10;;/h8,10H,3-7H2,1-2H3;2*1H4. The van der Waals surface area contributed by atoms with E-state index in [-0.39, 0.29) is 40.0 Å². The van der Waals surface area contributed by atoms with Gasteiger partial charge in [0.1, 0.15) is 6.61 Å². The molecule has 0 bridgehead atoms. The molecule has 0 radical (unpaired) electrons. The van der Waals surface area contributed by atoms with Gasteiger partial charge in [-0.3, -0.25) is 4.79 Å². The Kier molecular flexibility index (Phi) is 17.8. The molecule has 0 spiro atoms. The maximum atomic E-state index is 11.1. The van der Waals surface area contributed by atoms with Crippen LogP contribution in [0.2, 0.25) is 0 Å². The molecule has 1 N–H and O–H groups in total. The van der Waals surface area contributed by atoms with Crippen LogP contribution in [-0.4, -0.2) is 37.5 Å². The molecule has 0 aliphatic heterocycles. The highest BCUT2D eigenvalue weighted by Crippen LogP contribution is 2.02. The third-order valence-corrected chi connectivity index (χ3v) is 1.72. The lowest BCUT2D eigenvalue weighted by Crippen LogP contribution is -2.17. The molecule has 0 rings (SSSR count). The number of aliphatic hydroxyl groups excluding tert-OH is 1. The van der Waals surface area contributed by atoms with Gasteiger partial charge < -0.3 is 14.6 Å². The van der Waals surface area contributed by atoms with Gasteiger partial charge in [-0.05, 0) is 6.42 Å². The number of aliphatic hydroxyl groups is 1. The second-order valence-corrected chi connectivity index (χ2v) is 2.81. The zero-order chi connectivity index (χ0) is 10.1. The van der Waals surface area contributed by atoms with Crippen molar-refractivity contribution in [2.45, 2.75) is 35.1 Å². The van der Waals surface area contributed by atoms with E-state index in [4.69, 9.17) is 14.6 Å². The van der Waals surface area contributed by atoms with Crippen molar-refractivity contribution in [2.24, 2.45) is 5.92 Å². The van der Waals surface area contributed by atoms with E-state index in [1.807, 2.05) is 13.8 Å². The fourth-order valence-electron chi connectivity index (χ4n) is 0.677. The van der Waals surface area contributed by atoms with Crippen LogP contribution in [0.3, 0.4) is 0 Å². The van der Waals surface area contributed by atoms with E-state index < -0.39 is 0 Å². The SMILES string of the molecule is C.C.CCC(C)C(=O)OCCOCCO. The van der Waals surface area contributed by atoms with Crippen LogP contribution in [0.5, 0.6) is 0 Å². The van der Waals surface area contributed by atoms with E-state index in [0.717, 1.165) is 6.42 Å². The zero-order valence-corrected chi connectivity index (χ0v) is 8.28. The Morgan fingerprint density at radius 3 is 2.33 bits per heavy atom. The van der Waals surface area contributed by atoms with E-state index in [9.17, 15) is 4.79 Å². The van der Waals surface area contributed by atoms with Gasteiger partial charge in [0.05, 0.1) is 25.7 Å². The zero-order valence-electron chi connectivity index (χ0n) is 8.28. The van der Waals surface area contributed by atoms with Gasteiger partial charge in [-0.25, -0.2) is 0 Å². The topological polar surface area (TPSA) is 55.8 Å². The minimum Gasteiger partial charge on any atom is -0.463 e. The van der Waals surface area contributed by atoms with Crippen LogP contribution in [0.4, 0.5) is 0 Å². The monoisotopic (exact) mass is 222 g/mol. The number of carbonyl (C=O) groups excluding carboxylic acids is 1. The molecule has 0 aromatic carbocycles. The lowest BCUT2D eigenvalue weighted by atomic mass is 10.1. The van der Waals surface area contributed by atoms with Crippen molar-refractivity contribution in [1.29, 1.82) is 0 Å². The third-order valence-electron chi connectivity index (χ3n) is 1.72. The van der Waals surface area contributed by atoms with Crippen molar-refractivity contribution in [3.05, 3.63) is 0 Å². The Morgan fingerprint density at radius 1 is 1.27 bits per heavy atom. The Bertz CT molecular complexity index is 137. The van der Waals surface area contributed by atoms with Crippen LogP contribution in [0.1, 0.15) is 35.1 Å².